The zero-order valence-electron chi connectivity index (χ0n) is 11.8. The van der Waals surface area contributed by atoms with Crippen molar-refractivity contribution in [3.05, 3.63) is 11.1 Å². The highest BCUT2D eigenvalue weighted by Gasteiger charge is 2.36. The highest BCUT2D eigenvalue weighted by molar-refractivity contribution is 5.97. The maximum absolute atomic E-state index is 12.6. The van der Waals surface area contributed by atoms with Crippen LogP contribution in [-0.2, 0) is 14.3 Å². The number of nitrogens with one attached hydrogen (secondary N) is 2. The monoisotopic (exact) mass is 279 g/mol. The molecule has 3 fully saturated rings. The molecule has 110 valence electrons. The van der Waals surface area contributed by atoms with Gasteiger partial charge in [0.25, 0.3) is 0 Å². The SMILES string of the molecule is CC(C(=O)N1CCOCC1C(=O)NC1CC1)=C1CNC1. The topological polar surface area (TPSA) is 70.7 Å². The third-order valence-electron chi connectivity index (χ3n) is 4.14. The van der Waals surface area contributed by atoms with Crippen LogP contribution in [0.5, 0.6) is 0 Å². The van der Waals surface area contributed by atoms with Crippen LogP contribution in [0, 0.1) is 0 Å². The molecule has 3 aliphatic rings. The van der Waals surface area contributed by atoms with E-state index in [9.17, 15) is 9.59 Å². The quantitative estimate of drug-likeness (QED) is 0.678. The molecule has 2 heterocycles. The number of rotatable bonds is 3. The second-order valence-corrected chi connectivity index (χ2v) is 5.70. The summed E-state index contributed by atoms with van der Waals surface area (Å²) in [7, 11) is 0. The second kappa shape index (κ2) is 5.54. The number of carbonyl (C=O) groups excluding carboxylic acids is 2. The van der Waals surface area contributed by atoms with Gasteiger partial charge in [-0.05, 0) is 25.3 Å². The fraction of sp³-hybridized carbons (Fsp3) is 0.714. The molecule has 0 aromatic rings. The molecule has 1 unspecified atom stereocenters. The number of hydrogen-bond acceptors (Lipinski definition) is 4. The van der Waals surface area contributed by atoms with Gasteiger partial charge in [0.1, 0.15) is 6.04 Å². The molecule has 2 amide bonds. The van der Waals surface area contributed by atoms with Crippen molar-refractivity contribution in [2.45, 2.75) is 31.8 Å². The van der Waals surface area contributed by atoms with Crippen LogP contribution in [0.2, 0.25) is 0 Å². The molecule has 1 aliphatic carbocycles. The Balaban J connectivity index is 1.70. The molecule has 2 aliphatic heterocycles. The van der Waals surface area contributed by atoms with Crippen molar-refractivity contribution in [3.8, 4) is 0 Å². The molecular formula is C14H21N3O3. The van der Waals surface area contributed by atoms with E-state index in [4.69, 9.17) is 4.74 Å². The van der Waals surface area contributed by atoms with E-state index in [0.717, 1.165) is 37.1 Å². The lowest BCUT2D eigenvalue weighted by Gasteiger charge is -2.35. The first-order chi connectivity index (χ1) is 9.66. The summed E-state index contributed by atoms with van der Waals surface area (Å²) in [6.45, 7) is 4.69. The number of hydrogen-bond donors (Lipinski definition) is 2. The van der Waals surface area contributed by atoms with Crippen molar-refractivity contribution in [3.63, 3.8) is 0 Å². The van der Waals surface area contributed by atoms with Gasteiger partial charge in [0.15, 0.2) is 0 Å². The van der Waals surface area contributed by atoms with E-state index < -0.39 is 6.04 Å². The van der Waals surface area contributed by atoms with Gasteiger partial charge >= 0.3 is 0 Å². The van der Waals surface area contributed by atoms with Crippen LogP contribution >= 0.6 is 0 Å². The van der Waals surface area contributed by atoms with Gasteiger partial charge in [0, 0.05) is 31.2 Å². The minimum absolute atomic E-state index is 0.0271. The number of amides is 2. The molecule has 0 aromatic heterocycles. The van der Waals surface area contributed by atoms with E-state index in [-0.39, 0.29) is 11.8 Å². The Morgan fingerprint density at radius 3 is 2.70 bits per heavy atom. The summed E-state index contributed by atoms with van der Waals surface area (Å²) in [5, 5.41) is 6.10. The summed E-state index contributed by atoms with van der Waals surface area (Å²) in [5.41, 5.74) is 1.91. The minimum atomic E-state index is -0.486. The van der Waals surface area contributed by atoms with E-state index >= 15 is 0 Å². The van der Waals surface area contributed by atoms with Crippen LogP contribution in [-0.4, -0.2) is 61.6 Å². The maximum Gasteiger partial charge on any atom is 0.250 e. The predicted octanol–water partition coefficient (Wildman–Crippen LogP) is -0.588. The summed E-state index contributed by atoms with van der Waals surface area (Å²) in [5.74, 6) is -0.106. The predicted molar refractivity (Wildman–Crippen MR) is 73.1 cm³/mol. The fourth-order valence-electron chi connectivity index (χ4n) is 2.47. The largest absolute Gasteiger partial charge is 0.377 e. The molecule has 0 bridgehead atoms. The Kier molecular flexibility index (Phi) is 3.76. The van der Waals surface area contributed by atoms with Crippen LogP contribution < -0.4 is 10.6 Å². The highest BCUT2D eigenvalue weighted by Crippen LogP contribution is 2.21. The van der Waals surface area contributed by atoms with E-state index in [2.05, 4.69) is 10.6 Å². The van der Waals surface area contributed by atoms with E-state index in [1.165, 1.54) is 0 Å². The van der Waals surface area contributed by atoms with Gasteiger partial charge in [-0.1, -0.05) is 0 Å². The number of ether oxygens (including phenoxy) is 1. The Bertz CT molecular complexity index is 451. The summed E-state index contributed by atoms with van der Waals surface area (Å²) in [6, 6.07) is -0.183. The Hall–Kier alpha value is -1.40. The minimum Gasteiger partial charge on any atom is -0.377 e. The summed E-state index contributed by atoms with van der Waals surface area (Å²) >= 11 is 0. The summed E-state index contributed by atoms with van der Waals surface area (Å²) in [4.78, 5) is 26.4. The van der Waals surface area contributed by atoms with E-state index in [1.54, 1.807) is 4.90 Å². The molecule has 1 saturated carbocycles. The molecule has 6 heteroatoms. The van der Waals surface area contributed by atoms with Gasteiger partial charge in [-0.25, -0.2) is 0 Å². The van der Waals surface area contributed by atoms with Crippen LogP contribution in [0.1, 0.15) is 19.8 Å². The zero-order valence-corrected chi connectivity index (χ0v) is 11.8. The normalized spacial score (nSPS) is 25.9. The molecule has 2 N–H and O–H groups in total. The van der Waals surface area contributed by atoms with Gasteiger partial charge in [0.05, 0.1) is 13.2 Å². The van der Waals surface area contributed by atoms with Gasteiger partial charge in [-0.3, -0.25) is 9.59 Å². The van der Waals surface area contributed by atoms with Gasteiger partial charge in [-0.2, -0.15) is 0 Å². The standard InChI is InChI=1S/C14H21N3O3/c1-9(10-6-15-7-10)14(19)17-4-5-20-8-12(17)13(18)16-11-2-3-11/h11-12,15H,2-8H2,1H3,(H,16,18). The molecule has 20 heavy (non-hydrogen) atoms. The Labute approximate surface area is 118 Å². The Morgan fingerprint density at radius 1 is 1.35 bits per heavy atom. The summed E-state index contributed by atoms with van der Waals surface area (Å²) < 4.78 is 5.38. The lowest BCUT2D eigenvalue weighted by atomic mass is 10.0. The zero-order chi connectivity index (χ0) is 14.1. The van der Waals surface area contributed by atoms with E-state index in [1.807, 2.05) is 6.92 Å². The molecule has 2 saturated heterocycles. The first kappa shape index (κ1) is 13.6. The molecule has 1 atom stereocenters. The molecule has 0 spiro atoms. The number of nitrogens with zero attached hydrogens (tertiary/aromatic N) is 1. The average Bonchev–Trinajstić information content (AvgIpc) is 3.19. The molecule has 0 aromatic carbocycles. The lowest BCUT2D eigenvalue weighted by molar-refractivity contribution is -0.145. The van der Waals surface area contributed by atoms with Gasteiger partial charge in [0.2, 0.25) is 11.8 Å². The first-order valence-electron chi connectivity index (χ1n) is 7.25. The van der Waals surface area contributed by atoms with Crippen molar-refractivity contribution in [1.82, 2.24) is 15.5 Å². The molecule has 0 radical (unpaired) electrons. The molecule has 6 nitrogen and oxygen atoms in total. The number of morpholine rings is 1. The van der Waals surface area contributed by atoms with Crippen molar-refractivity contribution in [1.29, 1.82) is 0 Å². The van der Waals surface area contributed by atoms with Crippen LogP contribution in [0.4, 0.5) is 0 Å². The average molecular weight is 279 g/mol. The smallest absolute Gasteiger partial charge is 0.250 e. The van der Waals surface area contributed by atoms with Crippen molar-refractivity contribution in [2.75, 3.05) is 32.8 Å². The number of carbonyl (C=O) groups is 2. The van der Waals surface area contributed by atoms with Crippen LogP contribution in [0.3, 0.4) is 0 Å². The second-order valence-electron chi connectivity index (χ2n) is 5.70. The highest BCUT2D eigenvalue weighted by atomic mass is 16.5. The lowest BCUT2D eigenvalue weighted by Crippen LogP contribution is -2.56. The van der Waals surface area contributed by atoms with Gasteiger partial charge in [-0.15, -0.1) is 0 Å². The van der Waals surface area contributed by atoms with E-state index in [0.29, 0.717) is 25.8 Å². The van der Waals surface area contributed by atoms with Crippen LogP contribution in [0.25, 0.3) is 0 Å². The summed E-state index contributed by atoms with van der Waals surface area (Å²) in [6.07, 6.45) is 2.09. The molecule has 3 rings (SSSR count). The third kappa shape index (κ3) is 2.71. The van der Waals surface area contributed by atoms with Crippen LogP contribution in [0.15, 0.2) is 11.1 Å². The molecular weight excluding hydrogens is 258 g/mol. The van der Waals surface area contributed by atoms with Gasteiger partial charge < -0.3 is 20.3 Å². The van der Waals surface area contributed by atoms with Crippen molar-refractivity contribution < 1.29 is 14.3 Å². The Morgan fingerprint density at radius 2 is 2.10 bits per heavy atom. The third-order valence-corrected chi connectivity index (χ3v) is 4.14. The first-order valence-corrected chi connectivity index (χ1v) is 7.25. The maximum atomic E-state index is 12.6. The van der Waals surface area contributed by atoms with Crippen molar-refractivity contribution >= 4 is 11.8 Å². The fourth-order valence-corrected chi connectivity index (χ4v) is 2.47. The van der Waals surface area contributed by atoms with Crippen molar-refractivity contribution in [2.24, 2.45) is 0 Å².